The van der Waals surface area contributed by atoms with Crippen molar-refractivity contribution >= 4 is 43.8 Å². The summed E-state index contributed by atoms with van der Waals surface area (Å²) in [5, 5.41) is 1.05. The molecule has 50 heavy (non-hydrogen) atoms. The van der Waals surface area contributed by atoms with Crippen LogP contribution in [0.4, 0.5) is 5.69 Å². The standard InChI is InChI=1S/C42H60N2O3SSi2/c1-30-26-35(21-24-38(30)46-5)33-17-14-32(15-18-33)29-44(41(45)34-19-22-37(23-20-34)47-50(9,10)42(2,3)4)36-13-11-12-31(27-36)16-25-39-43-28-40(48-39)49(6,7)8/h11-13,21,24,26-28,32-34,37H,14-15,17-20,22-23,29H2,1-10H3/t32-,33-,34-,37-. The van der Waals surface area contributed by atoms with E-state index < -0.39 is 16.4 Å². The summed E-state index contributed by atoms with van der Waals surface area (Å²) >= 11 is 1.72. The second-order valence-electron chi connectivity index (χ2n) is 17.3. The molecule has 1 heterocycles. The summed E-state index contributed by atoms with van der Waals surface area (Å²) in [7, 11) is -1.53. The summed E-state index contributed by atoms with van der Waals surface area (Å²) < 4.78 is 13.7. The first-order chi connectivity index (χ1) is 23.5. The highest BCUT2D eigenvalue weighted by molar-refractivity contribution is 7.26. The number of thiazole rings is 1. The summed E-state index contributed by atoms with van der Waals surface area (Å²) in [5.74, 6) is 8.97. The van der Waals surface area contributed by atoms with E-state index in [1.165, 1.54) is 15.6 Å². The molecule has 2 aromatic carbocycles. The third kappa shape index (κ3) is 9.58. The first-order valence-corrected chi connectivity index (χ1v) is 26.0. The van der Waals surface area contributed by atoms with Crippen molar-refractivity contribution in [3.63, 3.8) is 0 Å². The van der Waals surface area contributed by atoms with E-state index in [-0.39, 0.29) is 23.0 Å². The van der Waals surface area contributed by atoms with Gasteiger partial charge in [0.1, 0.15) is 5.75 Å². The van der Waals surface area contributed by atoms with Crippen LogP contribution < -0.4 is 14.1 Å². The minimum absolute atomic E-state index is 0.0259. The van der Waals surface area contributed by atoms with E-state index >= 15 is 0 Å². The number of carbonyl (C=O) groups excluding carboxylic acids is 1. The van der Waals surface area contributed by atoms with Gasteiger partial charge in [-0.15, -0.1) is 11.3 Å². The Labute approximate surface area is 308 Å². The molecule has 2 aliphatic rings. The van der Waals surface area contributed by atoms with Crippen LogP contribution in [0.15, 0.2) is 48.7 Å². The lowest BCUT2D eigenvalue weighted by Crippen LogP contribution is -2.46. The van der Waals surface area contributed by atoms with Gasteiger partial charge in [-0.1, -0.05) is 64.5 Å². The predicted octanol–water partition coefficient (Wildman–Crippen LogP) is 10.3. The summed E-state index contributed by atoms with van der Waals surface area (Å²) in [5.41, 5.74) is 4.50. The number of aryl methyl sites for hydroxylation is 1. The van der Waals surface area contributed by atoms with E-state index in [4.69, 9.17) is 9.16 Å². The highest BCUT2D eigenvalue weighted by Crippen LogP contribution is 2.41. The summed E-state index contributed by atoms with van der Waals surface area (Å²) in [6.07, 6.45) is 10.5. The SMILES string of the molecule is COc1ccc([C@H]2CC[C@H](CN(c3cccc(C#Cc4ncc([Si](C)(C)C)s4)c3)C(=O)[C@H]3CC[C@H](O[Si](C)(C)C(C)(C)C)CC3)CC2)cc1C. The van der Waals surface area contributed by atoms with Crippen molar-refractivity contribution in [3.8, 4) is 17.6 Å². The number of hydrogen-bond acceptors (Lipinski definition) is 5. The van der Waals surface area contributed by atoms with Gasteiger partial charge in [0.2, 0.25) is 5.91 Å². The van der Waals surface area contributed by atoms with Crippen LogP contribution in [-0.2, 0) is 9.22 Å². The second kappa shape index (κ2) is 15.9. The summed E-state index contributed by atoms with van der Waals surface area (Å²) in [4.78, 5) is 21.3. The van der Waals surface area contributed by atoms with E-state index in [9.17, 15) is 4.79 Å². The van der Waals surface area contributed by atoms with Crippen LogP contribution in [0.3, 0.4) is 0 Å². The van der Waals surface area contributed by atoms with Crippen molar-refractivity contribution in [1.82, 2.24) is 4.98 Å². The third-order valence-corrected chi connectivity index (χ3v) is 20.5. The number of methoxy groups -OCH3 is 1. The predicted molar refractivity (Wildman–Crippen MR) is 216 cm³/mol. The van der Waals surface area contributed by atoms with Gasteiger partial charge in [-0.3, -0.25) is 4.79 Å². The molecular formula is C42H60N2O3SSi2. The van der Waals surface area contributed by atoms with Gasteiger partial charge in [0.25, 0.3) is 0 Å². The highest BCUT2D eigenvalue weighted by atomic mass is 32.1. The molecule has 0 bridgehead atoms. The maximum atomic E-state index is 14.5. The number of hydrogen-bond donors (Lipinski definition) is 0. The van der Waals surface area contributed by atoms with E-state index in [0.29, 0.717) is 11.8 Å². The molecule has 2 saturated carbocycles. The van der Waals surface area contributed by atoms with Gasteiger partial charge in [-0.2, -0.15) is 0 Å². The van der Waals surface area contributed by atoms with E-state index in [1.807, 2.05) is 6.20 Å². The lowest BCUT2D eigenvalue weighted by Gasteiger charge is -2.41. The summed E-state index contributed by atoms with van der Waals surface area (Å²) in [6.45, 7) is 21.5. The Morgan fingerprint density at radius 1 is 0.940 bits per heavy atom. The Balaban J connectivity index is 1.32. The number of rotatable bonds is 9. The largest absolute Gasteiger partial charge is 0.496 e. The maximum Gasteiger partial charge on any atom is 0.230 e. The molecule has 1 aromatic heterocycles. The lowest BCUT2D eigenvalue weighted by atomic mass is 9.78. The van der Waals surface area contributed by atoms with Crippen molar-refractivity contribution in [2.45, 2.75) is 129 Å². The Morgan fingerprint density at radius 3 is 2.24 bits per heavy atom. The molecule has 0 unspecified atom stereocenters. The van der Waals surface area contributed by atoms with Gasteiger partial charge in [-0.25, -0.2) is 4.98 Å². The van der Waals surface area contributed by atoms with Crippen molar-refractivity contribution < 1.29 is 14.0 Å². The van der Waals surface area contributed by atoms with Gasteiger partial charge in [-0.05, 0) is 130 Å². The topological polar surface area (TPSA) is 51.7 Å². The zero-order valence-corrected chi connectivity index (χ0v) is 35.1. The zero-order chi connectivity index (χ0) is 36.3. The monoisotopic (exact) mass is 728 g/mol. The Kier molecular flexibility index (Phi) is 12.2. The average Bonchev–Trinajstić information content (AvgIpc) is 3.56. The van der Waals surface area contributed by atoms with Crippen LogP contribution in [0.5, 0.6) is 5.75 Å². The number of anilines is 1. The van der Waals surface area contributed by atoms with Gasteiger partial charge < -0.3 is 14.1 Å². The molecule has 0 aliphatic heterocycles. The average molecular weight is 729 g/mol. The molecule has 2 fully saturated rings. The van der Waals surface area contributed by atoms with Crippen molar-refractivity contribution in [2.75, 3.05) is 18.6 Å². The maximum absolute atomic E-state index is 14.5. The molecule has 0 radical (unpaired) electrons. The molecule has 5 rings (SSSR count). The van der Waals surface area contributed by atoms with E-state index in [1.54, 1.807) is 18.4 Å². The molecule has 5 nitrogen and oxygen atoms in total. The Morgan fingerprint density at radius 2 is 1.64 bits per heavy atom. The number of benzene rings is 2. The smallest absolute Gasteiger partial charge is 0.230 e. The molecule has 1 amide bonds. The van der Waals surface area contributed by atoms with Gasteiger partial charge in [0.05, 0.1) is 15.2 Å². The Bertz CT molecular complexity index is 1680. The zero-order valence-electron chi connectivity index (χ0n) is 32.3. The molecule has 3 aromatic rings. The van der Waals surface area contributed by atoms with Crippen LogP contribution in [0.1, 0.15) is 99.8 Å². The second-order valence-corrected chi connectivity index (χ2v) is 28.5. The van der Waals surface area contributed by atoms with Gasteiger partial charge in [0, 0.05) is 40.5 Å². The van der Waals surface area contributed by atoms with Crippen LogP contribution in [0.25, 0.3) is 0 Å². The first kappa shape index (κ1) is 38.5. The van der Waals surface area contributed by atoms with Crippen molar-refractivity contribution in [2.24, 2.45) is 11.8 Å². The molecule has 8 heteroatoms. The minimum atomic E-state index is -1.85. The number of amides is 1. The van der Waals surface area contributed by atoms with E-state index in [0.717, 1.165) is 79.9 Å². The number of ether oxygens (including phenoxy) is 1. The molecule has 0 atom stereocenters. The molecule has 0 spiro atoms. The van der Waals surface area contributed by atoms with Gasteiger partial charge >= 0.3 is 0 Å². The van der Waals surface area contributed by atoms with Crippen molar-refractivity contribution in [3.05, 3.63) is 70.4 Å². The molecule has 0 N–H and O–H groups in total. The highest BCUT2D eigenvalue weighted by Gasteiger charge is 2.41. The van der Waals surface area contributed by atoms with Crippen LogP contribution in [0.2, 0.25) is 37.8 Å². The number of carbonyl (C=O) groups is 1. The minimum Gasteiger partial charge on any atom is -0.496 e. The fourth-order valence-corrected chi connectivity index (χ4v) is 11.1. The lowest BCUT2D eigenvalue weighted by molar-refractivity contribution is -0.124. The molecule has 0 saturated heterocycles. The normalized spacial score (nSPS) is 21.6. The van der Waals surface area contributed by atoms with Crippen LogP contribution in [0, 0.1) is 30.6 Å². The van der Waals surface area contributed by atoms with Crippen LogP contribution in [-0.4, -0.2) is 47.0 Å². The van der Waals surface area contributed by atoms with E-state index in [2.05, 4.69) is 125 Å². The fraction of sp³-hybridized carbons (Fsp3) is 0.571. The van der Waals surface area contributed by atoms with Crippen LogP contribution >= 0.6 is 11.3 Å². The fourth-order valence-electron chi connectivity index (χ4n) is 7.21. The molecular weight excluding hydrogens is 669 g/mol. The first-order valence-electron chi connectivity index (χ1n) is 18.8. The Hall–Kier alpha value is -2.71. The quantitative estimate of drug-likeness (QED) is 0.163. The third-order valence-electron chi connectivity index (χ3n) is 11.5. The van der Waals surface area contributed by atoms with Crippen molar-refractivity contribution in [1.29, 1.82) is 0 Å². The van der Waals surface area contributed by atoms with Gasteiger partial charge in [0.15, 0.2) is 13.3 Å². The number of nitrogens with zero attached hydrogens (tertiary/aromatic N) is 2. The summed E-state index contributed by atoms with van der Waals surface area (Å²) in [6, 6.07) is 15.0. The number of aromatic nitrogens is 1. The molecule has 270 valence electrons. The molecule has 2 aliphatic carbocycles.